The van der Waals surface area contributed by atoms with E-state index in [2.05, 4.69) is 0 Å². The molecular weight excluding hydrogens is 260 g/mol. The van der Waals surface area contributed by atoms with Crippen molar-refractivity contribution in [2.24, 2.45) is 0 Å². The number of ether oxygens (including phenoxy) is 4. The van der Waals surface area contributed by atoms with E-state index in [1.54, 1.807) is 0 Å². The Kier molecular flexibility index (Phi) is 3.76. The number of fused-ring (bicyclic) bond motifs is 2. The fourth-order valence-electron chi connectivity index (χ4n) is 2.67. The molecule has 3 rings (SSSR count). The van der Waals surface area contributed by atoms with E-state index in [9.17, 15) is 15.3 Å². The number of rotatable bonds is 3. The first-order chi connectivity index (χ1) is 9.11. The molecule has 0 radical (unpaired) electrons. The van der Waals surface area contributed by atoms with Gasteiger partial charge >= 0.3 is 0 Å². The van der Waals surface area contributed by atoms with E-state index in [-0.39, 0.29) is 12.7 Å². The molecule has 3 heterocycles. The van der Waals surface area contributed by atoms with E-state index in [1.807, 2.05) is 0 Å². The van der Waals surface area contributed by atoms with E-state index in [0.717, 1.165) is 0 Å². The van der Waals surface area contributed by atoms with Crippen molar-refractivity contribution in [1.82, 2.24) is 0 Å². The van der Waals surface area contributed by atoms with Crippen LogP contribution in [-0.2, 0) is 18.9 Å². The molecule has 2 bridgehead atoms. The second-order valence-electron chi connectivity index (χ2n) is 5.04. The normalized spacial score (nSPS) is 53.7. The lowest BCUT2D eigenvalue weighted by atomic mass is 10.0. The summed E-state index contributed by atoms with van der Waals surface area (Å²) in [7, 11) is 0. The molecule has 3 saturated heterocycles. The number of aliphatic hydroxyl groups excluding tert-OH is 4. The van der Waals surface area contributed by atoms with Gasteiger partial charge in [-0.05, 0) is 0 Å². The molecule has 4 N–H and O–H groups in total. The number of hydrogen-bond donors (Lipinski definition) is 4. The maximum Gasteiger partial charge on any atom is 0.187 e. The van der Waals surface area contributed by atoms with Gasteiger partial charge in [0.2, 0.25) is 0 Å². The highest BCUT2D eigenvalue weighted by molar-refractivity contribution is 4.95. The minimum atomic E-state index is -1.26. The van der Waals surface area contributed by atoms with E-state index in [1.165, 1.54) is 0 Å². The molecule has 0 aromatic rings. The van der Waals surface area contributed by atoms with Crippen molar-refractivity contribution in [1.29, 1.82) is 0 Å². The van der Waals surface area contributed by atoms with Gasteiger partial charge in [0.05, 0.1) is 19.8 Å². The molecule has 0 aliphatic carbocycles. The van der Waals surface area contributed by atoms with Crippen LogP contribution in [0.15, 0.2) is 0 Å². The molecule has 3 aliphatic heterocycles. The van der Waals surface area contributed by atoms with Gasteiger partial charge in [0, 0.05) is 0 Å². The summed E-state index contributed by atoms with van der Waals surface area (Å²) in [6.45, 7) is 0.115. The molecule has 3 fully saturated rings. The van der Waals surface area contributed by atoms with Crippen LogP contribution >= 0.6 is 0 Å². The minimum Gasteiger partial charge on any atom is -0.394 e. The zero-order valence-electron chi connectivity index (χ0n) is 10.2. The highest BCUT2D eigenvalue weighted by atomic mass is 16.7. The first-order valence-electron chi connectivity index (χ1n) is 6.31. The third-order valence-electron chi connectivity index (χ3n) is 3.82. The average Bonchev–Trinajstić information content (AvgIpc) is 2.80. The van der Waals surface area contributed by atoms with Gasteiger partial charge < -0.3 is 39.4 Å². The smallest absolute Gasteiger partial charge is 0.187 e. The second-order valence-corrected chi connectivity index (χ2v) is 5.04. The standard InChI is InChI=1S/C11H18O8/c12-1-4-7(13)9(15)11(18-4)19-6-3-16-5-2-17-10(6)8(5)14/h4-15H,1-3H2/t4-,5-,6-,7-,8+,9+,10+,11-/m1/s1. The van der Waals surface area contributed by atoms with Gasteiger partial charge in [0.1, 0.15) is 42.7 Å². The van der Waals surface area contributed by atoms with Crippen molar-refractivity contribution in [3.8, 4) is 0 Å². The van der Waals surface area contributed by atoms with Crippen molar-refractivity contribution in [3.05, 3.63) is 0 Å². The van der Waals surface area contributed by atoms with Crippen molar-refractivity contribution < 1.29 is 39.4 Å². The highest BCUT2D eigenvalue weighted by Gasteiger charge is 2.50. The predicted octanol–water partition coefficient (Wildman–Crippen LogP) is -3.03. The van der Waals surface area contributed by atoms with E-state index in [0.29, 0.717) is 6.61 Å². The number of aliphatic hydroxyl groups is 4. The zero-order valence-corrected chi connectivity index (χ0v) is 10.2. The molecule has 19 heavy (non-hydrogen) atoms. The molecule has 0 aromatic heterocycles. The zero-order chi connectivity index (χ0) is 13.6. The summed E-state index contributed by atoms with van der Waals surface area (Å²) in [6, 6.07) is 0. The molecule has 8 nitrogen and oxygen atoms in total. The van der Waals surface area contributed by atoms with Gasteiger partial charge in [0.15, 0.2) is 6.29 Å². The van der Waals surface area contributed by atoms with E-state index >= 15 is 0 Å². The van der Waals surface area contributed by atoms with Crippen molar-refractivity contribution in [3.63, 3.8) is 0 Å². The van der Waals surface area contributed by atoms with Gasteiger partial charge in [-0.2, -0.15) is 0 Å². The predicted molar refractivity (Wildman–Crippen MR) is 58.1 cm³/mol. The fourth-order valence-corrected chi connectivity index (χ4v) is 2.67. The second kappa shape index (κ2) is 5.23. The van der Waals surface area contributed by atoms with Crippen LogP contribution in [0.1, 0.15) is 0 Å². The van der Waals surface area contributed by atoms with E-state index < -0.39 is 49.5 Å². The molecule has 0 unspecified atom stereocenters. The Hall–Kier alpha value is -0.320. The van der Waals surface area contributed by atoms with Crippen LogP contribution in [0.25, 0.3) is 0 Å². The third-order valence-corrected chi connectivity index (χ3v) is 3.82. The molecule has 110 valence electrons. The molecule has 0 amide bonds. The lowest BCUT2D eigenvalue weighted by Crippen LogP contribution is -2.51. The van der Waals surface area contributed by atoms with Gasteiger partial charge in [0.25, 0.3) is 0 Å². The summed E-state index contributed by atoms with van der Waals surface area (Å²) in [6.07, 6.45) is -6.64. The van der Waals surface area contributed by atoms with Crippen LogP contribution in [-0.4, -0.2) is 89.3 Å². The Labute approximate surface area is 109 Å². The van der Waals surface area contributed by atoms with Gasteiger partial charge in [-0.15, -0.1) is 0 Å². The third kappa shape index (κ3) is 2.28. The minimum absolute atomic E-state index is 0.221. The summed E-state index contributed by atoms with van der Waals surface area (Å²) in [4.78, 5) is 0. The van der Waals surface area contributed by atoms with Crippen molar-refractivity contribution >= 4 is 0 Å². The molecule has 0 saturated carbocycles. The summed E-state index contributed by atoms with van der Waals surface area (Å²) < 4.78 is 21.5. The van der Waals surface area contributed by atoms with Crippen LogP contribution < -0.4 is 0 Å². The van der Waals surface area contributed by atoms with Crippen LogP contribution in [0.4, 0.5) is 0 Å². The Morgan fingerprint density at radius 1 is 1.00 bits per heavy atom. The molecular formula is C11H18O8. The SMILES string of the molecule is OC[C@H]1O[C@H](O[C@@H]2CO[C@@H]3CO[C@@H]2[C@H]3O)[C@@H](O)[C@@H]1O. The maximum atomic E-state index is 9.85. The lowest BCUT2D eigenvalue weighted by Gasteiger charge is -2.33. The lowest BCUT2D eigenvalue weighted by molar-refractivity contribution is -0.239. The monoisotopic (exact) mass is 278 g/mol. The van der Waals surface area contributed by atoms with Crippen molar-refractivity contribution in [2.45, 2.75) is 49.0 Å². The molecule has 0 spiro atoms. The Morgan fingerprint density at radius 2 is 1.79 bits per heavy atom. The van der Waals surface area contributed by atoms with Crippen LogP contribution in [0.5, 0.6) is 0 Å². The molecule has 8 heteroatoms. The summed E-state index contributed by atoms with van der Waals surface area (Å²) >= 11 is 0. The summed E-state index contributed by atoms with van der Waals surface area (Å²) in [5, 5.41) is 38.2. The van der Waals surface area contributed by atoms with E-state index in [4.69, 9.17) is 24.1 Å². The largest absolute Gasteiger partial charge is 0.394 e. The Bertz CT molecular complexity index is 326. The topological polar surface area (TPSA) is 118 Å². The van der Waals surface area contributed by atoms with Gasteiger partial charge in [-0.25, -0.2) is 0 Å². The first-order valence-corrected chi connectivity index (χ1v) is 6.31. The molecule has 0 aromatic carbocycles. The molecule has 8 atom stereocenters. The summed E-state index contributed by atoms with van der Waals surface area (Å²) in [5.74, 6) is 0. The Balaban J connectivity index is 1.62. The quantitative estimate of drug-likeness (QED) is 0.430. The van der Waals surface area contributed by atoms with Crippen molar-refractivity contribution in [2.75, 3.05) is 19.8 Å². The maximum absolute atomic E-state index is 9.85. The van der Waals surface area contributed by atoms with Crippen LogP contribution in [0.2, 0.25) is 0 Å². The van der Waals surface area contributed by atoms with Gasteiger partial charge in [-0.1, -0.05) is 0 Å². The average molecular weight is 278 g/mol. The Morgan fingerprint density at radius 3 is 2.47 bits per heavy atom. The van der Waals surface area contributed by atoms with Gasteiger partial charge in [-0.3, -0.25) is 0 Å². The first kappa shape index (κ1) is 13.7. The molecule has 3 aliphatic rings. The van der Waals surface area contributed by atoms with Crippen LogP contribution in [0.3, 0.4) is 0 Å². The number of hydrogen-bond acceptors (Lipinski definition) is 8. The highest BCUT2D eigenvalue weighted by Crippen LogP contribution is 2.30. The van der Waals surface area contributed by atoms with Crippen LogP contribution in [0, 0.1) is 0 Å². The fraction of sp³-hybridized carbons (Fsp3) is 1.00. The summed E-state index contributed by atoms with van der Waals surface area (Å²) in [5.41, 5.74) is 0.